The molecule has 0 aromatic heterocycles. The number of nitrogens with one attached hydrogen (secondary N) is 1. The highest BCUT2D eigenvalue weighted by Gasteiger charge is 2.23. The number of hydrogen-bond donors (Lipinski definition) is 2. The van der Waals surface area contributed by atoms with Crippen molar-refractivity contribution in [2.24, 2.45) is 5.92 Å². The molecule has 1 heterocycles. The smallest absolute Gasteiger partial charge is 0.0746 e. The van der Waals surface area contributed by atoms with E-state index < -0.39 is 5.60 Å². The molecule has 0 bridgehead atoms. The van der Waals surface area contributed by atoms with Gasteiger partial charge < -0.3 is 15.2 Å². The first kappa shape index (κ1) is 13.9. The molecular formula is C13H27NO2. The Morgan fingerprint density at radius 1 is 1.38 bits per heavy atom. The maximum Gasteiger partial charge on any atom is 0.0746 e. The summed E-state index contributed by atoms with van der Waals surface area (Å²) in [6.45, 7) is 8.65. The Morgan fingerprint density at radius 2 is 2.12 bits per heavy atom. The second-order valence-corrected chi connectivity index (χ2v) is 5.72. The lowest BCUT2D eigenvalue weighted by Gasteiger charge is -2.28. The summed E-state index contributed by atoms with van der Waals surface area (Å²) in [6.07, 6.45) is 4.21. The number of rotatable bonds is 5. The molecule has 3 nitrogen and oxygen atoms in total. The Bertz CT molecular complexity index is 184. The van der Waals surface area contributed by atoms with Crippen LogP contribution in [-0.2, 0) is 4.74 Å². The summed E-state index contributed by atoms with van der Waals surface area (Å²) < 4.78 is 5.42. The number of hydrogen-bond acceptors (Lipinski definition) is 3. The molecule has 96 valence electrons. The van der Waals surface area contributed by atoms with Crippen LogP contribution in [-0.4, -0.2) is 36.5 Å². The molecular weight excluding hydrogens is 202 g/mol. The van der Waals surface area contributed by atoms with E-state index in [1.165, 1.54) is 0 Å². The highest BCUT2D eigenvalue weighted by molar-refractivity contribution is 4.80. The summed E-state index contributed by atoms with van der Waals surface area (Å²) in [5, 5.41) is 13.7. The van der Waals surface area contributed by atoms with Gasteiger partial charge in [0.05, 0.1) is 5.60 Å². The van der Waals surface area contributed by atoms with Crippen LogP contribution in [0.15, 0.2) is 0 Å². The minimum absolute atomic E-state index is 0.515. The van der Waals surface area contributed by atoms with Crippen molar-refractivity contribution in [3.05, 3.63) is 0 Å². The summed E-state index contributed by atoms with van der Waals surface area (Å²) in [6, 6.07) is 0.515. The Kier molecular flexibility index (Phi) is 5.73. The van der Waals surface area contributed by atoms with Gasteiger partial charge in [0.1, 0.15) is 0 Å². The molecule has 0 spiro atoms. The van der Waals surface area contributed by atoms with Crippen LogP contribution in [0.25, 0.3) is 0 Å². The van der Waals surface area contributed by atoms with E-state index in [2.05, 4.69) is 19.2 Å². The maximum absolute atomic E-state index is 10.2. The normalized spacial score (nSPS) is 26.4. The van der Waals surface area contributed by atoms with E-state index in [9.17, 15) is 5.11 Å². The third kappa shape index (κ3) is 5.83. The van der Waals surface area contributed by atoms with Crippen LogP contribution in [0.2, 0.25) is 0 Å². The first-order chi connectivity index (χ1) is 7.49. The molecule has 0 aromatic rings. The van der Waals surface area contributed by atoms with Crippen LogP contribution >= 0.6 is 0 Å². The molecule has 1 fully saturated rings. The first-order valence-electron chi connectivity index (χ1n) is 6.53. The van der Waals surface area contributed by atoms with Crippen LogP contribution in [0.5, 0.6) is 0 Å². The Hall–Kier alpha value is -0.120. The average Bonchev–Trinajstić information content (AvgIpc) is 2.40. The third-order valence-electron chi connectivity index (χ3n) is 3.07. The van der Waals surface area contributed by atoms with Crippen LogP contribution in [0.1, 0.15) is 46.5 Å². The Balaban J connectivity index is 2.25. The minimum Gasteiger partial charge on any atom is -0.389 e. The van der Waals surface area contributed by atoms with Gasteiger partial charge >= 0.3 is 0 Å². The lowest BCUT2D eigenvalue weighted by molar-refractivity contribution is 0.0351. The fourth-order valence-corrected chi connectivity index (χ4v) is 2.42. The molecule has 1 rings (SSSR count). The van der Waals surface area contributed by atoms with Crippen molar-refractivity contribution >= 4 is 0 Å². The largest absolute Gasteiger partial charge is 0.389 e. The lowest BCUT2D eigenvalue weighted by atomic mass is 9.94. The van der Waals surface area contributed by atoms with Crippen molar-refractivity contribution in [3.8, 4) is 0 Å². The third-order valence-corrected chi connectivity index (χ3v) is 3.07. The van der Waals surface area contributed by atoms with Gasteiger partial charge in [-0.3, -0.25) is 0 Å². The predicted molar refractivity (Wildman–Crippen MR) is 66.5 cm³/mol. The molecule has 0 amide bonds. The zero-order valence-electron chi connectivity index (χ0n) is 11.0. The molecule has 2 unspecified atom stereocenters. The van der Waals surface area contributed by atoms with Crippen molar-refractivity contribution in [2.75, 3.05) is 19.8 Å². The van der Waals surface area contributed by atoms with Gasteiger partial charge in [-0.15, -0.1) is 0 Å². The van der Waals surface area contributed by atoms with Crippen molar-refractivity contribution in [1.82, 2.24) is 5.32 Å². The van der Waals surface area contributed by atoms with E-state index in [0.29, 0.717) is 18.5 Å². The van der Waals surface area contributed by atoms with Gasteiger partial charge in [-0.1, -0.05) is 13.8 Å². The predicted octanol–water partition coefficient (Wildman–Crippen LogP) is 1.94. The molecule has 0 saturated carbocycles. The molecule has 1 aliphatic rings. The average molecular weight is 229 g/mol. The van der Waals surface area contributed by atoms with Crippen LogP contribution < -0.4 is 5.32 Å². The van der Waals surface area contributed by atoms with E-state index in [1.54, 1.807) is 0 Å². The fourth-order valence-electron chi connectivity index (χ4n) is 2.42. The second kappa shape index (κ2) is 6.58. The van der Waals surface area contributed by atoms with Crippen molar-refractivity contribution in [2.45, 2.75) is 58.1 Å². The molecule has 0 aliphatic carbocycles. The van der Waals surface area contributed by atoms with E-state index in [-0.39, 0.29) is 0 Å². The standard InChI is InChI=1S/C13H27NO2/c1-11(2)9-13(3,15)10-14-12-5-4-7-16-8-6-12/h11-12,14-15H,4-10H2,1-3H3. The van der Waals surface area contributed by atoms with E-state index in [0.717, 1.165) is 38.9 Å². The van der Waals surface area contributed by atoms with Gasteiger partial charge in [-0.25, -0.2) is 0 Å². The van der Waals surface area contributed by atoms with Gasteiger partial charge in [0.2, 0.25) is 0 Å². The van der Waals surface area contributed by atoms with Crippen LogP contribution in [0.3, 0.4) is 0 Å². The highest BCUT2D eigenvalue weighted by Crippen LogP contribution is 2.16. The fraction of sp³-hybridized carbons (Fsp3) is 1.00. The molecule has 3 heteroatoms. The molecule has 0 aromatic carbocycles. The van der Waals surface area contributed by atoms with E-state index in [4.69, 9.17) is 4.74 Å². The van der Waals surface area contributed by atoms with Gasteiger partial charge in [0.25, 0.3) is 0 Å². The Morgan fingerprint density at radius 3 is 2.81 bits per heavy atom. The minimum atomic E-state index is -0.582. The monoisotopic (exact) mass is 229 g/mol. The highest BCUT2D eigenvalue weighted by atomic mass is 16.5. The number of ether oxygens (including phenoxy) is 1. The quantitative estimate of drug-likeness (QED) is 0.757. The molecule has 16 heavy (non-hydrogen) atoms. The lowest BCUT2D eigenvalue weighted by Crippen LogP contribution is -2.43. The molecule has 0 radical (unpaired) electrons. The van der Waals surface area contributed by atoms with Gasteiger partial charge in [0.15, 0.2) is 0 Å². The van der Waals surface area contributed by atoms with Crippen molar-refractivity contribution in [3.63, 3.8) is 0 Å². The zero-order chi connectivity index (χ0) is 12.0. The SMILES string of the molecule is CC(C)CC(C)(O)CNC1CCCOCC1. The molecule has 1 aliphatic heterocycles. The second-order valence-electron chi connectivity index (χ2n) is 5.72. The van der Waals surface area contributed by atoms with Gasteiger partial charge in [0, 0.05) is 25.8 Å². The maximum atomic E-state index is 10.2. The molecule has 1 saturated heterocycles. The van der Waals surface area contributed by atoms with Gasteiger partial charge in [-0.05, 0) is 38.5 Å². The summed E-state index contributed by atoms with van der Waals surface area (Å²) in [5.74, 6) is 0.536. The van der Waals surface area contributed by atoms with Gasteiger partial charge in [-0.2, -0.15) is 0 Å². The zero-order valence-corrected chi connectivity index (χ0v) is 11.0. The van der Waals surface area contributed by atoms with E-state index in [1.807, 2.05) is 6.92 Å². The van der Waals surface area contributed by atoms with Crippen molar-refractivity contribution in [1.29, 1.82) is 0 Å². The summed E-state index contributed by atoms with van der Waals surface area (Å²) >= 11 is 0. The molecule has 2 N–H and O–H groups in total. The number of aliphatic hydroxyl groups is 1. The summed E-state index contributed by atoms with van der Waals surface area (Å²) in [7, 11) is 0. The topological polar surface area (TPSA) is 41.5 Å². The van der Waals surface area contributed by atoms with Crippen molar-refractivity contribution < 1.29 is 9.84 Å². The Labute approximate surface area is 99.6 Å². The van der Waals surface area contributed by atoms with E-state index >= 15 is 0 Å². The first-order valence-corrected chi connectivity index (χ1v) is 6.53. The van der Waals surface area contributed by atoms with Crippen LogP contribution in [0, 0.1) is 5.92 Å². The van der Waals surface area contributed by atoms with Crippen LogP contribution in [0.4, 0.5) is 0 Å². The summed E-state index contributed by atoms with van der Waals surface area (Å²) in [4.78, 5) is 0. The summed E-state index contributed by atoms with van der Waals surface area (Å²) in [5.41, 5.74) is -0.582. The molecule has 2 atom stereocenters.